The Kier molecular flexibility index (Phi) is 4.42. The number of halogens is 1. The zero-order chi connectivity index (χ0) is 12.3. The van der Waals surface area contributed by atoms with E-state index in [0.29, 0.717) is 6.10 Å². The maximum absolute atomic E-state index is 6.02. The summed E-state index contributed by atoms with van der Waals surface area (Å²) in [5.41, 5.74) is 8.08. The molecule has 1 aromatic rings. The molecule has 94 valence electrons. The Bertz CT molecular complexity index is 384. The number of hydrogen-bond acceptors (Lipinski definition) is 3. The van der Waals surface area contributed by atoms with Gasteiger partial charge in [0.15, 0.2) is 0 Å². The molecule has 1 heterocycles. The van der Waals surface area contributed by atoms with E-state index in [1.54, 1.807) is 7.11 Å². The van der Waals surface area contributed by atoms with Gasteiger partial charge in [0.25, 0.3) is 0 Å². The van der Waals surface area contributed by atoms with Gasteiger partial charge in [-0.05, 0) is 37.1 Å². The van der Waals surface area contributed by atoms with E-state index in [0.717, 1.165) is 29.8 Å². The van der Waals surface area contributed by atoms with Crippen molar-refractivity contribution in [1.82, 2.24) is 4.90 Å². The molecule has 1 aliphatic heterocycles. The normalized spacial score (nSPS) is 21.6. The minimum atomic E-state index is 0.375. The molecule has 0 radical (unpaired) electrons. The van der Waals surface area contributed by atoms with Crippen LogP contribution in [-0.2, 0) is 11.3 Å². The van der Waals surface area contributed by atoms with Crippen molar-refractivity contribution in [1.29, 1.82) is 0 Å². The lowest BCUT2D eigenvalue weighted by atomic mass is 10.1. The molecule has 0 bridgehead atoms. The van der Waals surface area contributed by atoms with Gasteiger partial charge in [0.1, 0.15) is 0 Å². The lowest BCUT2D eigenvalue weighted by molar-refractivity contribution is 0.0286. The van der Waals surface area contributed by atoms with Crippen molar-refractivity contribution < 1.29 is 4.74 Å². The average molecular weight is 299 g/mol. The van der Waals surface area contributed by atoms with Crippen LogP contribution < -0.4 is 5.73 Å². The first-order chi connectivity index (χ1) is 8.19. The van der Waals surface area contributed by atoms with Crippen molar-refractivity contribution in [3.8, 4) is 0 Å². The molecule has 1 fully saturated rings. The van der Waals surface area contributed by atoms with Crippen LogP contribution in [0.3, 0.4) is 0 Å². The fourth-order valence-electron chi connectivity index (χ4n) is 2.30. The van der Waals surface area contributed by atoms with Crippen LogP contribution in [0.2, 0.25) is 0 Å². The van der Waals surface area contributed by atoms with Crippen molar-refractivity contribution in [3.63, 3.8) is 0 Å². The number of hydrogen-bond donors (Lipinski definition) is 1. The highest BCUT2D eigenvalue weighted by Gasteiger charge is 2.19. The molecule has 4 heteroatoms. The number of methoxy groups -OCH3 is 1. The van der Waals surface area contributed by atoms with Gasteiger partial charge in [-0.2, -0.15) is 0 Å². The molecule has 1 saturated heterocycles. The third-order valence-corrected chi connectivity index (χ3v) is 3.79. The molecule has 0 amide bonds. The van der Waals surface area contributed by atoms with E-state index in [9.17, 15) is 0 Å². The predicted octanol–water partition coefficient (Wildman–Crippen LogP) is 2.64. The molecule has 0 saturated carbocycles. The van der Waals surface area contributed by atoms with Crippen LogP contribution in [0.15, 0.2) is 22.7 Å². The Morgan fingerprint density at radius 1 is 1.53 bits per heavy atom. The number of anilines is 1. The molecule has 0 spiro atoms. The smallest absolute Gasteiger partial charge is 0.0698 e. The average Bonchev–Trinajstić information content (AvgIpc) is 2.33. The highest BCUT2D eigenvalue weighted by molar-refractivity contribution is 9.10. The molecular formula is C13H19BrN2O. The number of likely N-dealkylation sites (tertiary alicyclic amines) is 1. The SMILES string of the molecule is COC1CCCN(Cc2ccc(Br)cc2N)C1. The quantitative estimate of drug-likeness (QED) is 0.872. The number of nitrogen functional groups attached to an aromatic ring is 1. The summed E-state index contributed by atoms with van der Waals surface area (Å²) in [5, 5.41) is 0. The van der Waals surface area contributed by atoms with E-state index in [4.69, 9.17) is 10.5 Å². The summed E-state index contributed by atoms with van der Waals surface area (Å²) in [4.78, 5) is 2.41. The zero-order valence-corrected chi connectivity index (χ0v) is 11.7. The molecule has 2 rings (SSSR count). The highest BCUT2D eigenvalue weighted by atomic mass is 79.9. The van der Waals surface area contributed by atoms with E-state index >= 15 is 0 Å². The molecule has 0 aliphatic carbocycles. The molecule has 17 heavy (non-hydrogen) atoms. The summed E-state index contributed by atoms with van der Waals surface area (Å²) in [6, 6.07) is 6.10. The van der Waals surface area contributed by atoms with Crippen molar-refractivity contribution in [2.24, 2.45) is 0 Å². The fourth-order valence-corrected chi connectivity index (χ4v) is 2.68. The van der Waals surface area contributed by atoms with Gasteiger partial charge in [-0.3, -0.25) is 4.90 Å². The first-order valence-electron chi connectivity index (χ1n) is 5.98. The maximum Gasteiger partial charge on any atom is 0.0698 e. The van der Waals surface area contributed by atoms with Gasteiger partial charge in [-0.15, -0.1) is 0 Å². The van der Waals surface area contributed by atoms with Gasteiger partial charge < -0.3 is 10.5 Å². The molecule has 1 aromatic carbocycles. The van der Waals surface area contributed by atoms with E-state index in [-0.39, 0.29) is 0 Å². The molecular weight excluding hydrogens is 280 g/mol. The Morgan fingerprint density at radius 2 is 2.35 bits per heavy atom. The second-order valence-electron chi connectivity index (χ2n) is 4.58. The second-order valence-corrected chi connectivity index (χ2v) is 5.49. The Balaban J connectivity index is 2.00. The van der Waals surface area contributed by atoms with Gasteiger partial charge in [0.2, 0.25) is 0 Å². The maximum atomic E-state index is 6.02. The van der Waals surface area contributed by atoms with Crippen molar-refractivity contribution in [3.05, 3.63) is 28.2 Å². The second kappa shape index (κ2) is 5.85. The standard InChI is InChI=1S/C13H19BrN2O/c1-17-12-3-2-6-16(9-12)8-10-4-5-11(14)7-13(10)15/h4-5,7,12H,2-3,6,8-9,15H2,1H3. The van der Waals surface area contributed by atoms with E-state index < -0.39 is 0 Å². The summed E-state index contributed by atoms with van der Waals surface area (Å²) in [6.45, 7) is 3.06. The van der Waals surface area contributed by atoms with E-state index in [1.165, 1.54) is 18.4 Å². The monoisotopic (exact) mass is 298 g/mol. The minimum Gasteiger partial charge on any atom is -0.398 e. The molecule has 3 nitrogen and oxygen atoms in total. The summed E-state index contributed by atoms with van der Waals surface area (Å²) in [6.07, 6.45) is 2.75. The summed E-state index contributed by atoms with van der Waals surface area (Å²) < 4.78 is 6.46. The Morgan fingerprint density at radius 3 is 3.06 bits per heavy atom. The number of nitrogens with zero attached hydrogens (tertiary/aromatic N) is 1. The van der Waals surface area contributed by atoms with Gasteiger partial charge in [-0.25, -0.2) is 0 Å². The Hall–Kier alpha value is -0.580. The van der Waals surface area contributed by atoms with Crippen molar-refractivity contribution in [2.75, 3.05) is 25.9 Å². The fraction of sp³-hybridized carbons (Fsp3) is 0.538. The Labute approximate surface area is 111 Å². The predicted molar refractivity (Wildman–Crippen MR) is 73.9 cm³/mol. The van der Waals surface area contributed by atoms with Gasteiger partial charge >= 0.3 is 0 Å². The molecule has 2 N–H and O–H groups in total. The summed E-state index contributed by atoms with van der Waals surface area (Å²) >= 11 is 3.43. The summed E-state index contributed by atoms with van der Waals surface area (Å²) in [5.74, 6) is 0. The van der Waals surface area contributed by atoms with E-state index in [2.05, 4.69) is 26.9 Å². The van der Waals surface area contributed by atoms with Crippen LogP contribution >= 0.6 is 15.9 Å². The molecule has 1 aliphatic rings. The van der Waals surface area contributed by atoms with Gasteiger partial charge in [0, 0.05) is 30.4 Å². The van der Waals surface area contributed by atoms with Crippen LogP contribution in [0.25, 0.3) is 0 Å². The van der Waals surface area contributed by atoms with Crippen LogP contribution in [-0.4, -0.2) is 31.2 Å². The number of rotatable bonds is 3. The van der Waals surface area contributed by atoms with Gasteiger partial charge in [-0.1, -0.05) is 22.0 Å². The number of nitrogens with two attached hydrogens (primary N) is 1. The van der Waals surface area contributed by atoms with Crippen LogP contribution in [0, 0.1) is 0 Å². The van der Waals surface area contributed by atoms with Crippen LogP contribution in [0.4, 0.5) is 5.69 Å². The minimum absolute atomic E-state index is 0.375. The van der Waals surface area contributed by atoms with Crippen molar-refractivity contribution >= 4 is 21.6 Å². The molecule has 0 aromatic heterocycles. The number of ether oxygens (including phenoxy) is 1. The third-order valence-electron chi connectivity index (χ3n) is 3.30. The van der Waals surface area contributed by atoms with E-state index in [1.807, 2.05) is 12.1 Å². The molecule has 1 unspecified atom stereocenters. The lowest BCUT2D eigenvalue weighted by Gasteiger charge is -2.32. The largest absolute Gasteiger partial charge is 0.398 e. The van der Waals surface area contributed by atoms with Gasteiger partial charge in [0.05, 0.1) is 6.10 Å². The van der Waals surface area contributed by atoms with Crippen molar-refractivity contribution in [2.45, 2.75) is 25.5 Å². The first-order valence-corrected chi connectivity index (χ1v) is 6.77. The third kappa shape index (κ3) is 3.44. The van der Waals surface area contributed by atoms with Crippen LogP contribution in [0.5, 0.6) is 0 Å². The zero-order valence-electron chi connectivity index (χ0n) is 10.2. The first kappa shape index (κ1) is 12.9. The number of piperidine rings is 1. The lowest BCUT2D eigenvalue weighted by Crippen LogP contribution is -2.38. The highest BCUT2D eigenvalue weighted by Crippen LogP contribution is 2.22. The van der Waals surface area contributed by atoms with Crippen LogP contribution in [0.1, 0.15) is 18.4 Å². The number of benzene rings is 1. The topological polar surface area (TPSA) is 38.5 Å². The molecule has 1 atom stereocenters. The summed E-state index contributed by atoms with van der Waals surface area (Å²) in [7, 11) is 1.79.